The first-order valence-corrected chi connectivity index (χ1v) is 9.22. The number of ether oxygens (including phenoxy) is 1. The molecule has 25 heavy (non-hydrogen) atoms. The molecule has 0 saturated carbocycles. The quantitative estimate of drug-likeness (QED) is 0.260. The molecule has 0 bridgehead atoms. The van der Waals surface area contributed by atoms with Crippen molar-refractivity contribution in [3.8, 4) is 0 Å². The highest BCUT2D eigenvalue weighted by molar-refractivity contribution is 14.0. The molecule has 1 aromatic carbocycles. The summed E-state index contributed by atoms with van der Waals surface area (Å²) in [6.07, 6.45) is 2.03. The van der Waals surface area contributed by atoms with Gasteiger partial charge in [0.15, 0.2) is 5.96 Å². The highest BCUT2D eigenvalue weighted by Crippen LogP contribution is 2.09. The molecule has 1 aliphatic rings. The van der Waals surface area contributed by atoms with Crippen molar-refractivity contribution in [2.45, 2.75) is 19.8 Å². The minimum Gasteiger partial charge on any atom is -0.379 e. The zero-order valence-corrected chi connectivity index (χ0v) is 18.1. The van der Waals surface area contributed by atoms with Crippen LogP contribution in [0.4, 0.5) is 0 Å². The van der Waals surface area contributed by atoms with Gasteiger partial charge in [0, 0.05) is 44.3 Å². The molecule has 5 nitrogen and oxygen atoms in total. The smallest absolute Gasteiger partial charge is 0.191 e. The molecule has 1 aromatic rings. The maximum atomic E-state index is 5.91. The van der Waals surface area contributed by atoms with Crippen LogP contribution in [-0.2, 0) is 11.2 Å². The van der Waals surface area contributed by atoms with E-state index in [4.69, 9.17) is 16.3 Å². The molecule has 1 aliphatic heterocycles. The predicted molar refractivity (Wildman–Crippen MR) is 116 cm³/mol. The van der Waals surface area contributed by atoms with Crippen LogP contribution in [0.5, 0.6) is 0 Å². The molecule has 7 heteroatoms. The van der Waals surface area contributed by atoms with Gasteiger partial charge in [0.05, 0.1) is 13.2 Å². The first kappa shape index (κ1) is 22.5. The van der Waals surface area contributed by atoms with Gasteiger partial charge < -0.3 is 15.4 Å². The van der Waals surface area contributed by atoms with Gasteiger partial charge in [0.2, 0.25) is 0 Å². The maximum absolute atomic E-state index is 5.91. The van der Waals surface area contributed by atoms with Crippen molar-refractivity contribution in [2.75, 3.05) is 52.5 Å². The highest BCUT2D eigenvalue weighted by Gasteiger charge is 2.08. The fraction of sp³-hybridized carbons (Fsp3) is 0.611. The molecule has 0 amide bonds. The van der Waals surface area contributed by atoms with Gasteiger partial charge in [-0.3, -0.25) is 9.89 Å². The number of benzene rings is 1. The number of nitrogens with one attached hydrogen (secondary N) is 2. The fourth-order valence-electron chi connectivity index (χ4n) is 2.63. The van der Waals surface area contributed by atoms with E-state index >= 15 is 0 Å². The minimum atomic E-state index is 0. The molecule has 2 N–H and O–H groups in total. The summed E-state index contributed by atoms with van der Waals surface area (Å²) in [5.74, 6) is 0.897. The molecule has 0 radical (unpaired) electrons. The van der Waals surface area contributed by atoms with E-state index in [-0.39, 0.29) is 24.0 Å². The zero-order valence-electron chi connectivity index (χ0n) is 15.0. The second-order valence-corrected chi connectivity index (χ2v) is 6.31. The minimum absolute atomic E-state index is 0. The van der Waals surface area contributed by atoms with Gasteiger partial charge in [-0.1, -0.05) is 23.7 Å². The molecule has 1 fully saturated rings. The Balaban J connectivity index is 0.00000312. The Labute approximate surface area is 173 Å². The Morgan fingerprint density at radius 1 is 1.20 bits per heavy atom. The summed E-state index contributed by atoms with van der Waals surface area (Å²) in [6, 6.07) is 8.00. The van der Waals surface area contributed by atoms with Crippen LogP contribution >= 0.6 is 35.6 Å². The largest absolute Gasteiger partial charge is 0.379 e. The summed E-state index contributed by atoms with van der Waals surface area (Å²) in [5, 5.41) is 7.47. The summed E-state index contributed by atoms with van der Waals surface area (Å²) in [4.78, 5) is 7.10. The first-order chi connectivity index (χ1) is 11.8. The molecule has 0 spiro atoms. The van der Waals surface area contributed by atoms with Crippen molar-refractivity contribution >= 4 is 41.5 Å². The number of hydrogen-bond donors (Lipinski definition) is 2. The Hall–Kier alpha value is -0.570. The number of guanidine groups is 1. The summed E-state index contributed by atoms with van der Waals surface area (Å²) in [6.45, 7) is 9.56. The van der Waals surface area contributed by atoms with Crippen LogP contribution in [-0.4, -0.2) is 63.3 Å². The fourth-order valence-corrected chi connectivity index (χ4v) is 2.75. The van der Waals surface area contributed by atoms with Crippen LogP contribution in [0.1, 0.15) is 18.9 Å². The van der Waals surface area contributed by atoms with Crippen LogP contribution in [0.2, 0.25) is 5.02 Å². The van der Waals surface area contributed by atoms with E-state index in [2.05, 4.69) is 39.6 Å². The molecular weight excluding hydrogens is 451 g/mol. The number of rotatable bonds is 8. The lowest BCUT2D eigenvalue weighted by molar-refractivity contribution is 0.0377. The second-order valence-electron chi connectivity index (χ2n) is 5.87. The van der Waals surface area contributed by atoms with Crippen molar-refractivity contribution in [3.05, 3.63) is 34.9 Å². The van der Waals surface area contributed by atoms with E-state index in [1.807, 2.05) is 12.1 Å². The zero-order chi connectivity index (χ0) is 17.0. The molecule has 142 valence electrons. The van der Waals surface area contributed by atoms with Crippen LogP contribution in [0.15, 0.2) is 29.3 Å². The van der Waals surface area contributed by atoms with Gasteiger partial charge in [0.1, 0.15) is 0 Å². The van der Waals surface area contributed by atoms with E-state index in [1.165, 1.54) is 5.56 Å². The van der Waals surface area contributed by atoms with Crippen molar-refractivity contribution in [3.63, 3.8) is 0 Å². The molecule has 1 saturated heterocycles. The normalized spacial score (nSPS) is 15.5. The van der Waals surface area contributed by atoms with E-state index < -0.39 is 0 Å². The number of nitrogens with zero attached hydrogens (tertiary/aromatic N) is 2. The summed E-state index contributed by atoms with van der Waals surface area (Å²) in [5.41, 5.74) is 1.27. The average molecular weight is 481 g/mol. The first-order valence-electron chi connectivity index (χ1n) is 8.84. The SMILES string of the molecule is CCNC(=NCCCN1CCOCC1)NCCc1ccc(Cl)cc1.I. The molecule has 1 heterocycles. The van der Waals surface area contributed by atoms with Crippen LogP contribution < -0.4 is 10.6 Å². The molecular formula is C18H30ClIN4O. The van der Waals surface area contributed by atoms with Crippen LogP contribution in [0.25, 0.3) is 0 Å². The Morgan fingerprint density at radius 2 is 1.92 bits per heavy atom. The lowest BCUT2D eigenvalue weighted by Gasteiger charge is -2.26. The van der Waals surface area contributed by atoms with E-state index in [0.29, 0.717) is 0 Å². The standard InChI is InChI=1S/C18H29ClN4O.HI/c1-2-20-18(21-9-3-11-23-12-14-24-15-13-23)22-10-8-16-4-6-17(19)7-5-16;/h4-7H,2-3,8-15H2,1H3,(H2,20,21,22);1H. The molecule has 0 aromatic heterocycles. The van der Waals surface area contributed by atoms with Crippen LogP contribution in [0, 0.1) is 0 Å². The number of morpholine rings is 1. The Bertz CT molecular complexity index is 492. The van der Waals surface area contributed by atoms with E-state index in [0.717, 1.165) is 76.3 Å². The Morgan fingerprint density at radius 3 is 2.60 bits per heavy atom. The average Bonchev–Trinajstić information content (AvgIpc) is 2.61. The molecule has 0 aliphatic carbocycles. The summed E-state index contributed by atoms with van der Waals surface area (Å²) in [7, 11) is 0. The molecule has 0 unspecified atom stereocenters. The lowest BCUT2D eigenvalue weighted by atomic mass is 10.1. The van der Waals surface area contributed by atoms with Gasteiger partial charge >= 0.3 is 0 Å². The maximum Gasteiger partial charge on any atom is 0.191 e. The van der Waals surface area contributed by atoms with Crippen LogP contribution in [0.3, 0.4) is 0 Å². The van der Waals surface area contributed by atoms with Crippen molar-refractivity contribution in [1.82, 2.24) is 15.5 Å². The number of hydrogen-bond acceptors (Lipinski definition) is 3. The third-order valence-electron chi connectivity index (χ3n) is 3.97. The van der Waals surface area contributed by atoms with E-state index in [1.54, 1.807) is 0 Å². The topological polar surface area (TPSA) is 48.9 Å². The van der Waals surface area contributed by atoms with Gasteiger partial charge in [-0.05, 0) is 37.5 Å². The number of halogens is 2. The van der Waals surface area contributed by atoms with Gasteiger partial charge in [0.25, 0.3) is 0 Å². The summed E-state index contributed by atoms with van der Waals surface area (Å²) < 4.78 is 5.37. The van der Waals surface area contributed by atoms with Gasteiger partial charge in [-0.25, -0.2) is 0 Å². The van der Waals surface area contributed by atoms with E-state index in [9.17, 15) is 0 Å². The highest BCUT2D eigenvalue weighted by atomic mass is 127. The third kappa shape index (κ3) is 9.63. The van der Waals surface area contributed by atoms with Crippen molar-refractivity contribution < 1.29 is 4.74 Å². The predicted octanol–water partition coefficient (Wildman–Crippen LogP) is 2.78. The Kier molecular flexibility index (Phi) is 12.2. The molecule has 2 rings (SSSR count). The van der Waals surface area contributed by atoms with Gasteiger partial charge in [-0.15, -0.1) is 24.0 Å². The van der Waals surface area contributed by atoms with Gasteiger partial charge in [-0.2, -0.15) is 0 Å². The molecule has 0 atom stereocenters. The second kappa shape index (κ2) is 13.6. The van der Waals surface area contributed by atoms with Crippen molar-refractivity contribution in [1.29, 1.82) is 0 Å². The summed E-state index contributed by atoms with van der Waals surface area (Å²) >= 11 is 5.91. The van der Waals surface area contributed by atoms with Crippen molar-refractivity contribution in [2.24, 2.45) is 4.99 Å². The number of aliphatic imine (C=N–C) groups is 1. The third-order valence-corrected chi connectivity index (χ3v) is 4.22. The lowest BCUT2D eigenvalue weighted by Crippen LogP contribution is -2.39. The monoisotopic (exact) mass is 480 g/mol.